The van der Waals surface area contributed by atoms with Crippen LogP contribution in [0, 0.1) is 6.92 Å². The predicted octanol–water partition coefficient (Wildman–Crippen LogP) is 4.06. The van der Waals surface area contributed by atoms with Gasteiger partial charge in [-0.2, -0.15) is 0 Å². The highest BCUT2D eigenvalue weighted by molar-refractivity contribution is 9.10. The Balaban J connectivity index is 1.92. The van der Waals surface area contributed by atoms with Crippen LogP contribution in [-0.4, -0.2) is 4.98 Å². The summed E-state index contributed by atoms with van der Waals surface area (Å²) < 4.78 is 1.12. The second-order valence-corrected chi connectivity index (χ2v) is 6.00. The minimum absolute atomic E-state index is 0.295. The molecule has 90 valence electrons. The van der Waals surface area contributed by atoms with E-state index >= 15 is 0 Å². The minimum Gasteiger partial charge on any atom is -0.305 e. The van der Waals surface area contributed by atoms with E-state index in [1.54, 1.807) is 11.3 Å². The van der Waals surface area contributed by atoms with Gasteiger partial charge in [-0.25, -0.2) is 4.98 Å². The van der Waals surface area contributed by atoms with Crippen LogP contribution >= 0.6 is 27.3 Å². The summed E-state index contributed by atoms with van der Waals surface area (Å²) in [5, 5.41) is 6.72. The van der Waals surface area contributed by atoms with Crippen molar-refractivity contribution in [3.63, 3.8) is 0 Å². The van der Waals surface area contributed by atoms with E-state index in [-0.39, 0.29) is 0 Å². The third-order valence-electron chi connectivity index (χ3n) is 2.61. The topological polar surface area (TPSA) is 24.9 Å². The zero-order valence-electron chi connectivity index (χ0n) is 9.90. The fraction of sp³-hybridized carbons (Fsp3) is 0.308. The van der Waals surface area contributed by atoms with Gasteiger partial charge in [0.05, 0.1) is 10.7 Å². The Labute approximate surface area is 114 Å². The third-order valence-corrected chi connectivity index (χ3v) is 3.93. The lowest BCUT2D eigenvalue weighted by Crippen LogP contribution is -2.18. The van der Waals surface area contributed by atoms with Crippen LogP contribution in [0.3, 0.4) is 0 Å². The molecule has 0 aliphatic rings. The SMILES string of the molecule is Cc1nc(C(C)NCc2ccc(Br)cc2)cs1. The number of nitrogens with one attached hydrogen (secondary N) is 1. The van der Waals surface area contributed by atoms with Gasteiger partial charge in [-0.1, -0.05) is 28.1 Å². The molecule has 0 amide bonds. The first-order valence-electron chi connectivity index (χ1n) is 5.55. The molecule has 0 spiro atoms. The molecule has 0 saturated heterocycles. The molecule has 2 rings (SSSR count). The van der Waals surface area contributed by atoms with Gasteiger partial charge in [-0.05, 0) is 31.5 Å². The summed E-state index contributed by atoms with van der Waals surface area (Å²) in [6, 6.07) is 8.67. The molecule has 2 aromatic rings. The molecule has 1 N–H and O–H groups in total. The largest absolute Gasteiger partial charge is 0.305 e. The van der Waals surface area contributed by atoms with Gasteiger partial charge >= 0.3 is 0 Å². The van der Waals surface area contributed by atoms with E-state index < -0.39 is 0 Å². The van der Waals surface area contributed by atoms with Gasteiger partial charge in [0, 0.05) is 22.4 Å². The number of rotatable bonds is 4. The first-order valence-corrected chi connectivity index (χ1v) is 7.22. The number of benzene rings is 1. The maximum Gasteiger partial charge on any atom is 0.0898 e. The predicted molar refractivity (Wildman–Crippen MR) is 76.2 cm³/mol. The van der Waals surface area contributed by atoms with E-state index in [0.29, 0.717) is 6.04 Å². The zero-order valence-corrected chi connectivity index (χ0v) is 12.3. The van der Waals surface area contributed by atoms with E-state index in [1.807, 2.05) is 6.92 Å². The molecule has 1 unspecified atom stereocenters. The van der Waals surface area contributed by atoms with Gasteiger partial charge in [-0.3, -0.25) is 0 Å². The molecule has 1 atom stereocenters. The Bertz CT molecular complexity index is 478. The van der Waals surface area contributed by atoms with Gasteiger partial charge in [0.25, 0.3) is 0 Å². The summed E-state index contributed by atoms with van der Waals surface area (Å²) >= 11 is 5.13. The highest BCUT2D eigenvalue weighted by Gasteiger charge is 2.07. The van der Waals surface area contributed by atoms with Gasteiger partial charge < -0.3 is 5.32 Å². The van der Waals surface area contributed by atoms with Gasteiger partial charge in [0.2, 0.25) is 0 Å². The number of aromatic nitrogens is 1. The lowest BCUT2D eigenvalue weighted by atomic mass is 10.2. The normalized spacial score (nSPS) is 12.6. The van der Waals surface area contributed by atoms with Crippen molar-refractivity contribution < 1.29 is 0 Å². The molecule has 2 nitrogen and oxygen atoms in total. The summed E-state index contributed by atoms with van der Waals surface area (Å²) in [5.74, 6) is 0. The Morgan fingerprint density at radius 3 is 2.65 bits per heavy atom. The van der Waals surface area contributed by atoms with Crippen molar-refractivity contribution in [3.8, 4) is 0 Å². The number of thiazole rings is 1. The van der Waals surface area contributed by atoms with Crippen LogP contribution in [0.25, 0.3) is 0 Å². The summed E-state index contributed by atoms with van der Waals surface area (Å²) in [7, 11) is 0. The maximum absolute atomic E-state index is 4.49. The number of hydrogen-bond acceptors (Lipinski definition) is 3. The Kier molecular flexibility index (Phi) is 4.31. The van der Waals surface area contributed by atoms with Crippen molar-refractivity contribution in [1.29, 1.82) is 0 Å². The summed E-state index contributed by atoms with van der Waals surface area (Å²) in [5.41, 5.74) is 2.41. The van der Waals surface area contributed by atoms with Crippen molar-refractivity contribution in [2.75, 3.05) is 0 Å². The van der Waals surface area contributed by atoms with Crippen molar-refractivity contribution >= 4 is 27.3 Å². The monoisotopic (exact) mass is 310 g/mol. The molecule has 1 aromatic carbocycles. The molecule has 4 heteroatoms. The summed E-state index contributed by atoms with van der Waals surface area (Å²) in [6.07, 6.45) is 0. The van der Waals surface area contributed by atoms with E-state index in [4.69, 9.17) is 0 Å². The van der Waals surface area contributed by atoms with Crippen LogP contribution in [0.2, 0.25) is 0 Å². The molecular weight excluding hydrogens is 296 g/mol. The summed E-state index contributed by atoms with van der Waals surface area (Å²) in [6.45, 7) is 5.05. The molecule has 1 aromatic heterocycles. The highest BCUT2D eigenvalue weighted by atomic mass is 79.9. The van der Waals surface area contributed by atoms with E-state index in [1.165, 1.54) is 5.56 Å². The van der Waals surface area contributed by atoms with Gasteiger partial charge in [-0.15, -0.1) is 11.3 Å². The molecule has 0 aliphatic carbocycles. The zero-order chi connectivity index (χ0) is 12.3. The van der Waals surface area contributed by atoms with E-state index in [0.717, 1.165) is 21.7 Å². The quantitative estimate of drug-likeness (QED) is 0.921. The second kappa shape index (κ2) is 5.76. The average Bonchev–Trinajstić information content (AvgIpc) is 2.75. The smallest absolute Gasteiger partial charge is 0.0898 e. The summed E-state index contributed by atoms with van der Waals surface area (Å²) in [4.78, 5) is 4.49. The fourth-order valence-corrected chi connectivity index (χ4v) is 2.53. The lowest BCUT2D eigenvalue weighted by molar-refractivity contribution is 0.563. The van der Waals surface area contributed by atoms with Crippen LogP contribution in [0.1, 0.15) is 29.2 Å². The van der Waals surface area contributed by atoms with Crippen LogP contribution < -0.4 is 5.32 Å². The van der Waals surface area contributed by atoms with Crippen molar-refractivity contribution in [1.82, 2.24) is 10.3 Å². The van der Waals surface area contributed by atoms with Crippen LogP contribution in [0.15, 0.2) is 34.1 Å². The molecule has 0 aliphatic heterocycles. The van der Waals surface area contributed by atoms with E-state index in [9.17, 15) is 0 Å². The standard InChI is InChI=1S/C13H15BrN2S/c1-9(13-8-17-10(2)16-13)15-7-11-3-5-12(14)6-4-11/h3-6,8-9,15H,7H2,1-2H3. The Morgan fingerprint density at radius 1 is 1.35 bits per heavy atom. The van der Waals surface area contributed by atoms with Crippen molar-refractivity contribution in [3.05, 3.63) is 50.4 Å². The number of nitrogens with zero attached hydrogens (tertiary/aromatic N) is 1. The molecular formula is C13H15BrN2S. The maximum atomic E-state index is 4.49. The van der Waals surface area contributed by atoms with E-state index in [2.05, 4.69) is 62.8 Å². The average molecular weight is 311 g/mol. The highest BCUT2D eigenvalue weighted by Crippen LogP contribution is 2.16. The second-order valence-electron chi connectivity index (χ2n) is 4.02. The lowest BCUT2D eigenvalue weighted by Gasteiger charge is -2.11. The van der Waals surface area contributed by atoms with Gasteiger partial charge in [0.1, 0.15) is 0 Å². The molecule has 0 saturated carbocycles. The molecule has 0 fully saturated rings. The van der Waals surface area contributed by atoms with Crippen molar-refractivity contribution in [2.24, 2.45) is 0 Å². The fourth-order valence-electron chi connectivity index (χ4n) is 1.56. The van der Waals surface area contributed by atoms with Crippen LogP contribution in [-0.2, 0) is 6.54 Å². The first kappa shape index (κ1) is 12.7. The van der Waals surface area contributed by atoms with Crippen LogP contribution in [0.5, 0.6) is 0 Å². The molecule has 1 heterocycles. The third kappa shape index (κ3) is 3.63. The van der Waals surface area contributed by atoms with Crippen molar-refractivity contribution in [2.45, 2.75) is 26.4 Å². The Hall–Kier alpha value is -0.710. The number of aryl methyl sites for hydroxylation is 1. The number of halogens is 1. The first-order chi connectivity index (χ1) is 8.15. The van der Waals surface area contributed by atoms with Crippen LogP contribution in [0.4, 0.5) is 0 Å². The Morgan fingerprint density at radius 2 is 2.06 bits per heavy atom. The molecule has 0 radical (unpaired) electrons. The number of hydrogen-bond donors (Lipinski definition) is 1. The van der Waals surface area contributed by atoms with Gasteiger partial charge in [0.15, 0.2) is 0 Å². The molecule has 17 heavy (non-hydrogen) atoms. The minimum atomic E-state index is 0.295. The molecule has 0 bridgehead atoms.